The van der Waals surface area contributed by atoms with Gasteiger partial charge in [0.25, 0.3) is 0 Å². The molecule has 1 heterocycles. The Bertz CT molecular complexity index is 452. The van der Waals surface area contributed by atoms with Crippen molar-refractivity contribution < 1.29 is 23.1 Å². The first kappa shape index (κ1) is 17.1. The van der Waals surface area contributed by atoms with Crippen molar-refractivity contribution >= 4 is 33.6 Å². The molecule has 7 nitrogen and oxygen atoms in total. The fourth-order valence-electron chi connectivity index (χ4n) is 1.97. The summed E-state index contributed by atoms with van der Waals surface area (Å²) < 4.78 is 22.5. The van der Waals surface area contributed by atoms with Crippen molar-refractivity contribution in [3.8, 4) is 0 Å². The van der Waals surface area contributed by atoms with E-state index in [9.17, 15) is 18.0 Å². The van der Waals surface area contributed by atoms with Crippen molar-refractivity contribution in [2.24, 2.45) is 5.92 Å². The van der Waals surface area contributed by atoms with Crippen LogP contribution >= 0.6 is 11.8 Å². The molecule has 2 atom stereocenters. The molecular formula is C11H20N2O5S2. The number of urea groups is 1. The summed E-state index contributed by atoms with van der Waals surface area (Å²) in [6, 6.07) is -1.49. The Kier molecular flexibility index (Phi) is 6.60. The summed E-state index contributed by atoms with van der Waals surface area (Å²) in [6.07, 6.45) is 2.75. The fraction of sp³-hybridized carbons (Fsp3) is 0.818. The third kappa shape index (κ3) is 6.00. The zero-order valence-corrected chi connectivity index (χ0v) is 12.9. The molecule has 0 saturated carbocycles. The van der Waals surface area contributed by atoms with Gasteiger partial charge >= 0.3 is 12.0 Å². The highest BCUT2D eigenvalue weighted by Gasteiger charge is 2.28. The molecule has 1 aliphatic rings. The third-order valence-electron chi connectivity index (χ3n) is 3.09. The van der Waals surface area contributed by atoms with E-state index in [1.807, 2.05) is 6.26 Å². The van der Waals surface area contributed by atoms with Crippen molar-refractivity contribution in [1.29, 1.82) is 0 Å². The summed E-state index contributed by atoms with van der Waals surface area (Å²) in [5.41, 5.74) is 0. The average molecular weight is 324 g/mol. The quantitative estimate of drug-likeness (QED) is 0.604. The zero-order valence-electron chi connectivity index (χ0n) is 11.3. The van der Waals surface area contributed by atoms with E-state index >= 15 is 0 Å². The van der Waals surface area contributed by atoms with Crippen LogP contribution in [0.4, 0.5) is 4.79 Å². The van der Waals surface area contributed by atoms with Crippen LogP contribution in [0.15, 0.2) is 0 Å². The number of rotatable bonds is 7. The molecule has 1 aliphatic heterocycles. The number of carboxylic acid groups (broad SMARTS) is 1. The Morgan fingerprint density at radius 1 is 1.45 bits per heavy atom. The third-order valence-corrected chi connectivity index (χ3v) is 5.57. The maximum absolute atomic E-state index is 11.6. The Hall–Kier alpha value is -0.960. The van der Waals surface area contributed by atoms with Gasteiger partial charge in [-0.2, -0.15) is 11.8 Å². The van der Waals surface area contributed by atoms with Gasteiger partial charge < -0.3 is 15.7 Å². The summed E-state index contributed by atoms with van der Waals surface area (Å²) in [4.78, 5) is 22.6. The van der Waals surface area contributed by atoms with Crippen LogP contribution in [0.2, 0.25) is 0 Å². The average Bonchev–Trinajstić information content (AvgIpc) is 2.71. The molecule has 0 aromatic rings. The molecule has 3 N–H and O–H groups in total. The summed E-state index contributed by atoms with van der Waals surface area (Å²) in [6.45, 7) is 0.250. The van der Waals surface area contributed by atoms with Gasteiger partial charge in [-0.3, -0.25) is 0 Å². The number of hydrogen-bond acceptors (Lipinski definition) is 5. The van der Waals surface area contributed by atoms with Crippen LogP contribution < -0.4 is 10.6 Å². The molecule has 20 heavy (non-hydrogen) atoms. The minimum Gasteiger partial charge on any atom is -0.480 e. The molecule has 0 spiro atoms. The van der Waals surface area contributed by atoms with Gasteiger partial charge in [0, 0.05) is 6.54 Å². The Balaban J connectivity index is 2.33. The number of amides is 2. The molecule has 0 aromatic heterocycles. The summed E-state index contributed by atoms with van der Waals surface area (Å²) in [5.74, 6) is -0.273. The standard InChI is InChI=1S/C11H20N2O5S2/c1-19-4-2-9(10(14)15)13-11(16)12-6-8-3-5-20(17,18)7-8/h8-9H,2-7H2,1H3,(H,14,15)(H2,12,13,16)/t8?,9-/m0/s1. The second-order valence-electron chi connectivity index (χ2n) is 4.80. The van der Waals surface area contributed by atoms with E-state index in [1.54, 1.807) is 0 Å². The monoisotopic (exact) mass is 324 g/mol. The number of aliphatic carboxylic acids is 1. The first-order chi connectivity index (χ1) is 9.34. The van der Waals surface area contributed by atoms with Gasteiger partial charge in [-0.05, 0) is 30.8 Å². The lowest BCUT2D eigenvalue weighted by Crippen LogP contribution is -2.47. The maximum atomic E-state index is 11.6. The topological polar surface area (TPSA) is 113 Å². The highest BCUT2D eigenvalue weighted by atomic mass is 32.2. The second-order valence-corrected chi connectivity index (χ2v) is 8.01. The Morgan fingerprint density at radius 3 is 2.65 bits per heavy atom. The predicted octanol–water partition coefficient (Wildman–Crippen LogP) is -0.0734. The molecule has 9 heteroatoms. The lowest BCUT2D eigenvalue weighted by Gasteiger charge is -2.16. The maximum Gasteiger partial charge on any atom is 0.326 e. The number of hydrogen-bond donors (Lipinski definition) is 3. The largest absolute Gasteiger partial charge is 0.480 e. The molecule has 1 unspecified atom stereocenters. The molecule has 0 bridgehead atoms. The van der Waals surface area contributed by atoms with E-state index in [1.165, 1.54) is 11.8 Å². The van der Waals surface area contributed by atoms with Crippen LogP contribution in [0.3, 0.4) is 0 Å². The number of carboxylic acids is 1. The number of nitrogens with one attached hydrogen (secondary N) is 2. The molecule has 1 saturated heterocycles. The van der Waals surface area contributed by atoms with Gasteiger partial charge in [0.05, 0.1) is 11.5 Å². The van der Waals surface area contributed by atoms with E-state index < -0.39 is 27.9 Å². The highest BCUT2D eigenvalue weighted by Crippen LogP contribution is 2.17. The van der Waals surface area contributed by atoms with Crippen LogP contribution in [0.5, 0.6) is 0 Å². The van der Waals surface area contributed by atoms with E-state index in [4.69, 9.17) is 5.11 Å². The minimum absolute atomic E-state index is 0.0831. The SMILES string of the molecule is CSCC[C@H](NC(=O)NCC1CCS(=O)(=O)C1)C(=O)O. The predicted molar refractivity (Wildman–Crippen MR) is 77.7 cm³/mol. The van der Waals surface area contributed by atoms with Gasteiger partial charge in [-0.25, -0.2) is 18.0 Å². The van der Waals surface area contributed by atoms with Crippen molar-refractivity contribution in [3.05, 3.63) is 0 Å². The summed E-state index contributed by atoms with van der Waals surface area (Å²) in [7, 11) is -2.96. The van der Waals surface area contributed by atoms with Gasteiger partial charge in [0.1, 0.15) is 6.04 Å². The smallest absolute Gasteiger partial charge is 0.326 e. The van der Waals surface area contributed by atoms with Gasteiger partial charge in [0.2, 0.25) is 0 Å². The Labute approximate surface area is 122 Å². The van der Waals surface area contributed by atoms with Crippen LogP contribution in [0, 0.1) is 5.92 Å². The van der Waals surface area contributed by atoms with Gasteiger partial charge in [-0.1, -0.05) is 0 Å². The van der Waals surface area contributed by atoms with Crippen molar-refractivity contribution in [2.75, 3.05) is 30.1 Å². The second kappa shape index (κ2) is 7.72. The van der Waals surface area contributed by atoms with Gasteiger partial charge in [0.15, 0.2) is 9.84 Å². The number of thioether (sulfide) groups is 1. The minimum atomic E-state index is -2.96. The Morgan fingerprint density at radius 2 is 2.15 bits per heavy atom. The van der Waals surface area contributed by atoms with Crippen LogP contribution in [-0.4, -0.2) is 61.6 Å². The number of carbonyl (C=O) groups excluding carboxylic acids is 1. The van der Waals surface area contributed by atoms with Crippen molar-refractivity contribution in [3.63, 3.8) is 0 Å². The van der Waals surface area contributed by atoms with E-state index in [0.717, 1.165) is 0 Å². The molecular weight excluding hydrogens is 304 g/mol. The molecule has 0 aliphatic carbocycles. The molecule has 2 amide bonds. The van der Waals surface area contributed by atoms with Crippen molar-refractivity contribution in [2.45, 2.75) is 18.9 Å². The van der Waals surface area contributed by atoms with Crippen molar-refractivity contribution in [1.82, 2.24) is 10.6 Å². The van der Waals surface area contributed by atoms with Crippen LogP contribution in [0.1, 0.15) is 12.8 Å². The van der Waals surface area contributed by atoms with Crippen LogP contribution in [-0.2, 0) is 14.6 Å². The molecule has 1 fully saturated rings. The molecule has 116 valence electrons. The van der Waals surface area contributed by atoms with E-state index in [-0.39, 0.29) is 24.0 Å². The molecule has 0 aromatic carbocycles. The number of sulfone groups is 1. The lowest BCUT2D eigenvalue weighted by atomic mass is 10.1. The summed E-state index contributed by atoms with van der Waals surface area (Å²) in [5, 5.41) is 13.9. The highest BCUT2D eigenvalue weighted by molar-refractivity contribution is 7.98. The first-order valence-corrected chi connectivity index (χ1v) is 9.52. The normalized spacial score (nSPS) is 22.1. The van der Waals surface area contributed by atoms with Crippen LogP contribution in [0.25, 0.3) is 0 Å². The first-order valence-electron chi connectivity index (χ1n) is 6.30. The lowest BCUT2D eigenvalue weighted by molar-refractivity contribution is -0.139. The van der Waals surface area contributed by atoms with Gasteiger partial charge in [-0.15, -0.1) is 0 Å². The van der Waals surface area contributed by atoms with E-state index in [0.29, 0.717) is 18.6 Å². The zero-order chi connectivity index (χ0) is 15.2. The molecule has 1 rings (SSSR count). The number of carbonyl (C=O) groups is 2. The fourth-order valence-corrected chi connectivity index (χ4v) is 4.31. The molecule has 0 radical (unpaired) electrons. The summed E-state index contributed by atoms with van der Waals surface area (Å²) >= 11 is 1.51. The van der Waals surface area contributed by atoms with E-state index in [2.05, 4.69) is 10.6 Å².